The molecule has 1 aliphatic heterocycles. The van der Waals surface area contributed by atoms with Crippen LogP contribution in [0.3, 0.4) is 0 Å². The molecule has 1 fully saturated rings. The Kier molecular flexibility index (Phi) is 5.07. The van der Waals surface area contributed by atoms with E-state index in [1.54, 1.807) is 4.90 Å². The predicted molar refractivity (Wildman–Crippen MR) is 81.5 cm³/mol. The predicted octanol–water partition coefficient (Wildman–Crippen LogP) is 1.95. The molecule has 0 aliphatic carbocycles. The Hall–Kier alpha value is -1.75. The molecule has 1 aromatic carbocycles. The number of benzene rings is 1. The smallest absolute Gasteiger partial charge is 0.257 e. The lowest BCUT2D eigenvalue weighted by atomic mass is 9.98. The highest BCUT2D eigenvalue weighted by Gasteiger charge is 2.25. The van der Waals surface area contributed by atoms with Gasteiger partial charge in [-0.1, -0.05) is 0 Å². The molecule has 1 heterocycles. The number of hydrogen-bond donors (Lipinski definition) is 3. The van der Waals surface area contributed by atoms with Gasteiger partial charge in [0.05, 0.1) is 5.56 Å². The normalized spacial score (nSPS) is 18.7. The zero-order chi connectivity index (χ0) is 15.4. The quantitative estimate of drug-likeness (QED) is 0.793. The Morgan fingerprint density at radius 1 is 1.43 bits per heavy atom. The number of nitrogens with zero attached hydrogens (tertiary/aromatic N) is 1. The number of carbonyl (C=O) groups excluding carboxylic acids is 1. The molecule has 3 N–H and O–H groups in total. The first-order valence-electron chi connectivity index (χ1n) is 7.52. The molecule has 1 saturated heterocycles. The fraction of sp³-hybridized carbons (Fsp3) is 0.562. The monoisotopic (exact) mass is 292 g/mol. The van der Waals surface area contributed by atoms with E-state index in [2.05, 4.69) is 5.32 Å². The molecule has 1 aliphatic rings. The van der Waals surface area contributed by atoms with Crippen LogP contribution in [-0.2, 0) is 0 Å². The van der Waals surface area contributed by atoms with E-state index in [1.165, 1.54) is 18.2 Å². The molecule has 0 saturated carbocycles. The molecule has 0 spiro atoms. The minimum atomic E-state index is -0.187. The van der Waals surface area contributed by atoms with E-state index in [9.17, 15) is 15.0 Å². The Morgan fingerprint density at radius 3 is 2.76 bits per heavy atom. The lowest BCUT2D eigenvalue weighted by Gasteiger charge is -2.33. The van der Waals surface area contributed by atoms with Crippen molar-refractivity contribution in [3.05, 3.63) is 23.8 Å². The molecular weight excluding hydrogens is 268 g/mol. The van der Waals surface area contributed by atoms with Crippen LogP contribution >= 0.6 is 0 Å². The van der Waals surface area contributed by atoms with E-state index < -0.39 is 0 Å². The summed E-state index contributed by atoms with van der Waals surface area (Å²) < 4.78 is 0. The van der Waals surface area contributed by atoms with Crippen molar-refractivity contribution in [2.24, 2.45) is 5.92 Å². The molecule has 0 radical (unpaired) electrons. The van der Waals surface area contributed by atoms with Crippen LogP contribution in [0.5, 0.6) is 11.5 Å². The van der Waals surface area contributed by atoms with Crippen LogP contribution in [0, 0.1) is 5.92 Å². The summed E-state index contributed by atoms with van der Waals surface area (Å²) in [5.74, 6) is 0.0430. The number of phenols is 2. The summed E-state index contributed by atoms with van der Waals surface area (Å²) in [6, 6.07) is 4.16. The zero-order valence-corrected chi connectivity index (χ0v) is 12.7. The molecule has 5 heteroatoms. The summed E-state index contributed by atoms with van der Waals surface area (Å²) in [7, 11) is 0. The van der Waals surface area contributed by atoms with E-state index in [0.29, 0.717) is 12.5 Å². The summed E-state index contributed by atoms with van der Waals surface area (Å²) in [5.41, 5.74) is 0.241. The van der Waals surface area contributed by atoms with Crippen molar-refractivity contribution in [2.75, 3.05) is 19.6 Å². The van der Waals surface area contributed by atoms with E-state index >= 15 is 0 Å². The van der Waals surface area contributed by atoms with Crippen LogP contribution in [0.4, 0.5) is 0 Å². The second-order valence-corrected chi connectivity index (χ2v) is 5.97. The first kappa shape index (κ1) is 15.6. The third-order valence-electron chi connectivity index (χ3n) is 3.95. The van der Waals surface area contributed by atoms with Crippen LogP contribution in [0.25, 0.3) is 0 Å². The van der Waals surface area contributed by atoms with E-state index in [-0.39, 0.29) is 29.0 Å². The van der Waals surface area contributed by atoms with Gasteiger partial charge in [0.1, 0.15) is 11.5 Å². The molecule has 1 unspecified atom stereocenters. The summed E-state index contributed by atoms with van der Waals surface area (Å²) in [6.07, 6.45) is 2.25. The topological polar surface area (TPSA) is 72.8 Å². The minimum absolute atomic E-state index is 0.0448. The maximum atomic E-state index is 12.7. The number of carbonyl (C=O) groups is 1. The highest BCUT2D eigenvalue weighted by atomic mass is 16.3. The average Bonchev–Trinajstić information content (AvgIpc) is 2.45. The second-order valence-electron chi connectivity index (χ2n) is 5.97. The minimum Gasteiger partial charge on any atom is -0.508 e. The van der Waals surface area contributed by atoms with Gasteiger partial charge in [-0.3, -0.25) is 4.79 Å². The Bertz CT molecular complexity index is 496. The Morgan fingerprint density at radius 2 is 2.19 bits per heavy atom. The molecule has 5 nitrogen and oxygen atoms in total. The Balaban J connectivity index is 2.14. The summed E-state index contributed by atoms with van der Waals surface area (Å²) in [6.45, 7) is 6.62. The number of hydrogen-bond acceptors (Lipinski definition) is 4. The van der Waals surface area contributed by atoms with Crippen molar-refractivity contribution in [2.45, 2.75) is 32.7 Å². The van der Waals surface area contributed by atoms with Gasteiger partial charge in [0, 0.05) is 18.7 Å². The molecule has 116 valence electrons. The standard InChI is InChI=1S/C16H24N2O3/c1-11(2)18(10-12-4-3-7-17-9-12)16(21)14-6-5-13(19)8-15(14)20/h5-6,8,11-12,17,19-20H,3-4,7,9-10H2,1-2H3. The lowest BCUT2D eigenvalue weighted by Crippen LogP contribution is -2.44. The van der Waals surface area contributed by atoms with Crippen molar-refractivity contribution < 1.29 is 15.0 Å². The van der Waals surface area contributed by atoms with Crippen molar-refractivity contribution >= 4 is 5.91 Å². The molecule has 1 amide bonds. The van der Waals surface area contributed by atoms with Gasteiger partial charge in [-0.15, -0.1) is 0 Å². The molecular formula is C16H24N2O3. The van der Waals surface area contributed by atoms with Crippen molar-refractivity contribution in [3.8, 4) is 11.5 Å². The van der Waals surface area contributed by atoms with Gasteiger partial charge in [0.15, 0.2) is 0 Å². The van der Waals surface area contributed by atoms with Gasteiger partial charge >= 0.3 is 0 Å². The van der Waals surface area contributed by atoms with Crippen LogP contribution in [-0.4, -0.2) is 46.7 Å². The van der Waals surface area contributed by atoms with Crippen molar-refractivity contribution in [3.63, 3.8) is 0 Å². The SMILES string of the molecule is CC(C)N(CC1CCCNC1)C(=O)c1ccc(O)cc1O. The number of aromatic hydroxyl groups is 2. The Labute approximate surface area is 125 Å². The summed E-state index contributed by atoms with van der Waals surface area (Å²) >= 11 is 0. The second kappa shape index (κ2) is 6.80. The van der Waals surface area contributed by atoms with Gasteiger partial charge in [0.25, 0.3) is 5.91 Å². The van der Waals surface area contributed by atoms with E-state index in [4.69, 9.17) is 0 Å². The highest BCUT2D eigenvalue weighted by molar-refractivity contribution is 5.97. The third-order valence-corrected chi connectivity index (χ3v) is 3.95. The molecule has 0 aromatic heterocycles. The molecule has 1 atom stereocenters. The number of piperidine rings is 1. The van der Waals surface area contributed by atoms with Crippen LogP contribution in [0.15, 0.2) is 18.2 Å². The van der Waals surface area contributed by atoms with Gasteiger partial charge < -0.3 is 20.4 Å². The number of nitrogens with one attached hydrogen (secondary N) is 1. The van der Waals surface area contributed by atoms with E-state index in [1.807, 2.05) is 13.8 Å². The fourth-order valence-electron chi connectivity index (χ4n) is 2.74. The molecule has 21 heavy (non-hydrogen) atoms. The highest BCUT2D eigenvalue weighted by Crippen LogP contribution is 2.25. The van der Waals surface area contributed by atoms with Gasteiger partial charge in [-0.2, -0.15) is 0 Å². The molecule has 2 rings (SSSR count). The van der Waals surface area contributed by atoms with Crippen LogP contribution < -0.4 is 5.32 Å². The van der Waals surface area contributed by atoms with Crippen LogP contribution in [0.2, 0.25) is 0 Å². The van der Waals surface area contributed by atoms with Crippen LogP contribution in [0.1, 0.15) is 37.0 Å². The average molecular weight is 292 g/mol. The number of phenolic OH excluding ortho intramolecular Hbond substituents is 2. The van der Waals surface area contributed by atoms with Gasteiger partial charge in [-0.25, -0.2) is 0 Å². The molecule has 0 bridgehead atoms. The number of amides is 1. The third kappa shape index (κ3) is 3.88. The maximum absolute atomic E-state index is 12.7. The van der Waals surface area contributed by atoms with Crippen molar-refractivity contribution in [1.29, 1.82) is 0 Å². The lowest BCUT2D eigenvalue weighted by molar-refractivity contribution is 0.0658. The van der Waals surface area contributed by atoms with Gasteiger partial charge in [-0.05, 0) is 57.8 Å². The van der Waals surface area contributed by atoms with Crippen molar-refractivity contribution in [1.82, 2.24) is 10.2 Å². The van der Waals surface area contributed by atoms with E-state index in [0.717, 1.165) is 25.9 Å². The number of rotatable bonds is 4. The summed E-state index contributed by atoms with van der Waals surface area (Å²) in [4.78, 5) is 14.5. The first-order valence-corrected chi connectivity index (χ1v) is 7.52. The zero-order valence-electron chi connectivity index (χ0n) is 12.7. The fourth-order valence-corrected chi connectivity index (χ4v) is 2.74. The largest absolute Gasteiger partial charge is 0.508 e. The maximum Gasteiger partial charge on any atom is 0.257 e. The summed E-state index contributed by atoms with van der Waals surface area (Å²) in [5, 5.41) is 22.6. The first-order chi connectivity index (χ1) is 9.99. The molecule has 1 aromatic rings. The van der Waals surface area contributed by atoms with Gasteiger partial charge in [0.2, 0.25) is 0 Å².